The van der Waals surface area contributed by atoms with E-state index in [9.17, 15) is 5.11 Å². The molecule has 0 saturated heterocycles. The van der Waals surface area contributed by atoms with E-state index in [1.807, 2.05) is 38.1 Å². The van der Waals surface area contributed by atoms with E-state index >= 15 is 0 Å². The summed E-state index contributed by atoms with van der Waals surface area (Å²) >= 11 is 0. The second-order valence-electron chi connectivity index (χ2n) is 6.68. The third-order valence-corrected chi connectivity index (χ3v) is 4.50. The molecule has 124 valence electrons. The molecule has 3 rings (SSSR count). The Morgan fingerprint density at radius 2 is 1.96 bits per heavy atom. The topological polar surface area (TPSA) is 65.3 Å². The molecule has 2 unspecified atom stereocenters. The molecule has 0 aromatic heterocycles. The first kappa shape index (κ1) is 16.5. The minimum Gasteiger partial charge on any atom is -0.485 e. The predicted octanol–water partition coefficient (Wildman–Crippen LogP) is 2.96. The fraction of sp³-hybridized carbons (Fsp3) is 0.350. The number of ether oxygens (including phenoxy) is 1. The Labute approximate surface area is 142 Å². The molecule has 0 radical (unpaired) electrons. The molecule has 0 amide bonds. The third-order valence-electron chi connectivity index (χ3n) is 4.50. The lowest BCUT2D eigenvalue weighted by Crippen LogP contribution is -2.52. The zero-order valence-electron chi connectivity index (χ0n) is 14.0. The summed E-state index contributed by atoms with van der Waals surface area (Å²) in [4.78, 5) is 0. The predicted molar refractivity (Wildman–Crippen MR) is 92.8 cm³/mol. The molecule has 2 atom stereocenters. The van der Waals surface area contributed by atoms with Crippen LogP contribution >= 0.6 is 0 Å². The van der Waals surface area contributed by atoms with Crippen molar-refractivity contribution in [1.29, 1.82) is 5.26 Å². The summed E-state index contributed by atoms with van der Waals surface area (Å²) in [5.74, 6) is 0.724. The molecular formula is C20H22N2O2. The van der Waals surface area contributed by atoms with E-state index in [1.165, 1.54) is 5.56 Å². The molecule has 2 aromatic carbocycles. The standard InChI is InChI=1S/C20H22N2O2/c1-20(2)19(23)18(22-11-10-14-6-4-3-5-7-14)16-12-15(13-21)8-9-17(16)24-20/h3-9,12,18-19,22-23H,10-11H2,1-2H3. The zero-order valence-corrected chi connectivity index (χ0v) is 14.0. The Balaban J connectivity index is 1.81. The van der Waals surface area contributed by atoms with Gasteiger partial charge in [0.15, 0.2) is 0 Å². The van der Waals surface area contributed by atoms with Gasteiger partial charge in [-0.05, 0) is 50.6 Å². The highest BCUT2D eigenvalue weighted by molar-refractivity contribution is 5.46. The van der Waals surface area contributed by atoms with Crippen molar-refractivity contribution >= 4 is 0 Å². The van der Waals surface area contributed by atoms with Gasteiger partial charge < -0.3 is 15.2 Å². The van der Waals surface area contributed by atoms with Crippen molar-refractivity contribution in [2.75, 3.05) is 6.54 Å². The summed E-state index contributed by atoms with van der Waals surface area (Å²) in [6.45, 7) is 4.49. The van der Waals surface area contributed by atoms with Gasteiger partial charge in [0.05, 0.1) is 17.7 Å². The molecule has 0 saturated carbocycles. The molecule has 4 nitrogen and oxygen atoms in total. The lowest BCUT2D eigenvalue weighted by molar-refractivity contribution is -0.0644. The van der Waals surface area contributed by atoms with Crippen LogP contribution in [-0.4, -0.2) is 23.4 Å². The first-order chi connectivity index (χ1) is 11.5. The number of nitrogens with zero attached hydrogens (tertiary/aromatic N) is 1. The van der Waals surface area contributed by atoms with Crippen molar-refractivity contribution in [1.82, 2.24) is 5.32 Å². The van der Waals surface area contributed by atoms with Crippen molar-refractivity contribution in [3.63, 3.8) is 0 Å². The van der Waals surface area contributed by atoms with E-state index < -0.39 is 11.7 Å². The number of aliphatic hydroxyl groups excluding tert-OH is 1. The van der Waals surface area contributed by atoms with Gasteiger partial charge in [-0.15, -0.1) is 0 Å². The number of hydrogen-bond acceptors (Lipinski definition) is 4. The number of benzene rings is 2. The number of hydrogen-bond donors (Lipinski definition) is 2. The van der Waals surface area contributed by atoms with Crippen LogP contribution in [0, 0.1) is 11.3 Å². The molecule has 4 heteroatoms. The number of nitrogens with one attached hydrogen (secondary N) is 1. The van der Waals surface area contributed by atoms with Crippen molar-refractivity contribution < 1.29 is 9.84 Å². The molecule has 0 bridgehead atoms. The summed E-state index contributed by atoms with van der Waals surface area (Å²) in [6.07, 6.45) is 0.174. The first-order valence-corrected chi connectivity index (χ1v) is 8.20. The van der Waals surface area contributed by atoms with Crippen LogP contribution in [0.25, 0.3) is 0 Å². The summed E-state index contributed by atoms with van der Waals surface area (Å²) in [5.41, 5.74) is 1.97. The van der Waals surface area contributed by atoms with E-state index in [1.54, 1.807) is 12.1 Å². The van der Waals surface area contributed by atoms with Crippen LogP contribution in [0.4, 0.5) is 0 Å². The highest BCUT2D eigenvalue weighted by Crippen LogP contribution is 2.40. The highest BCUT2D eigenvalue weighted by Gasteiger charge is 2.42. The first-order valence-electron chi connectivity index (χ1n) is 8.20. The maximum Gasteiger partial charge on any atom is 0.131 e. The fourth-order valence-electron chi connectivity index (χ4n) is 3.11. The molecular weight excluding hydrogens is 300 g/mol. The molecule has 2 aromatic rings. The van der Waals surface area contributed by atoms with Crippen molar-refractivity contribution in [3.8, 4) is 11.8 Å². The number of rotatable bonds is 4. The zero-order chi connectivity index (χ0) is 17.2. The SMILES string of the molecule is CC1(C)Oc2ccc(C#N)cc2C(NCCc2ccccc2)C1O. The minimum absolute atomic E-state index is 0.263. The van der Waals surface area contributed by atoms with Crippen LogP contribution in [0.3, 0.4) is 0 Å². The van der Waals surface area contributed by atoms with Crippen LogP contribution in [0.1, 0.15) is 36.6 Å². The van der Waals surface area contributed by atoms with Crippen LogP contribution in [0.5, 0.6) is 5.75 Å². The van der Waals surface area contributed by atoms with E-state index in [-0.39, 0.29) is 6.04 Å². The number of nitriles is 1. The van der Waals surface area contributed by atoms with Crippen molar-refractivity contribution in [2.45, 2.75) is 38.0 Å². The Morgan fingerprint density at radius 3 is 2.67 bits per heavy atom. The third kappa shape index (κ3) is 3.28. The van der Waals surface area contributed by atoms with E-state index in [0.29, 0.717) is 5.56 Å². The van der Waals surface area contributed by atoms with Crippen LogP contribution in [0.15, 0.2) is 48.5 Å². The lowest BCUT2D eigenvalue weighted by atomic mass is 9.86. The van der Waals surface area contributed by atoms with Crippen LogP contribution < -0.4 is 10.1 Å². The number of aliphatic hydroxyl groups is 1. The van der Waals surface area contributed by atoms with Gasteiger partial charge in [0.25, 0.3) is 0 Å². The molecule has 0 spiro atoms. The Hall–Kier alpha value is -2.35. The molecule has 2 N–H and O–H groups in total. The van der Waals surface area contributed by atoms with Crippen LogP contribution in [-0.2, 0) is 6.42 Å². The van der Waals surface area contributed by atoms with Crippen molar-refractivity contribution in [3.05, 3.63) is 65.2 Å². The van der Waals surface area contributed by atoms with E-state index in [2.05, 4.69) is 23.5 Å². The molecule has 1 aliphatic heterocycles. The summed E-state index contributed by atoms with van der Waals surface area (Å²) in [5, 5.41) is 23.3. The van der Waals surface area contributed by atoms with Crippen LogP contribution in [0.2, 0.25) is 0 Å². The second kappa shape index (κ2) is 6.64. The minimum atomic E-state index is -0.699. The van der Waals surface area contributed by atoms with Gasteiger partial charge in [-0.3, -0.25) is 0 Å². The van der Waals surface area contributed by atoms with Gasteiger partial charge >= 0.3 is 0 Å². The normalized spacial score (nSPS) is 21.4. The van der Waals surface area contributed by atoms with E-state index in [0.717, 1.165) is 24.3 Å². The molecule has 1 heterocycles. The average molecular weight is 322 g/mol. The Kier molecular flexibility index (Phi) is 4.57. The summed E-state index contributed by atoms with van der Waals surface area (Å²) < 4.78 is 5.93. The summed E-state index contributed by atoms with van der Waals surface area (Å²) in [7, 11) is 0. The number of fused-ring (bicyclic) bond motifs is 1. The van der Waals surface area contributed by atoms with E-state index in [4.69, 9.17) is 10.00 Å². The lowest BCUT2D eigenvalue weighted by Gasteiger charge is -2.42. The maximum absolute atomic E-state index is 10.7. The Morgan fingerprint density at radius 1 is 1.21 bits per heavy atom. The van der Waals surface area contributed by atoms with Gasteiger partial charge in [-0.25, -0.2) is 0 Å². The molecule has 24 heavy (non-hydrogen) atoms. The fourth-order valence-corrected chi connectivity index (χ4v) is 3.11. The average Bonchev–Trinajstić information content (AvgIpc) is 2.58. The highest BCUT2D eigenvalue weighted by atomic mass is 16.5. The summed E-state index contributed by atoms with van der Waals surface area (Å²) in [6, 6.07) is 17.5. The molecule has 0 fully saturated rings. The van der Waals surface area contributed by atoms with Gasteiger partial charge in [0.2, 0.25) is 0 Å². The largest absolute Gasteiger partial charge is 0.485 e. The van der Waals surface area contributed by atoms with Gasteiger partial charge in [0.1, 0.15) is 17.5 Å². The monoisotopic (exact) mass is 322 g/mol. The van der Waals surface area contributed by atoms with Gasteiger partial charge in [-0.1, -0.05) is 30.3 Å². The quantitative estimate of drug-likeness (QED) is 0.908. The van der Waals surface area contributed by atoms with Gasteiger partial charge in [-0.2, -0.15) is 5.26 Å². The van der Waals surface area contributed by atoms with Crippen molar-refractivity contribution in [2.24, 2.45) is 0 Å². The maximum atomic E-state index is 10.7. The van der Waals surface area contributed by atoms with Gasteiger partial charge in [0, 0.05) is 5.56 Å². The smallest absolute Gasteiger partial charge is 0.131 e. The Bertz CT molecular complexity index is 750. The second-order valence-corrected chi connectivity index (χ2v) is 6.68. The molecule has 0 aliphatic carbocycles. The molecule has 1 aliphatic rings.